The van der Waals surface area contributed by atoms with E-state index in [2.05, 4.69) is 11.4 Å². The van der Waals surface area contributed by atoms with E-state index in [1.165, 1.54) is 23.3 Å². The number of amides is 2. The molecular weight excluding hydrogens is 358 g/mol. The molecule has 5 nitrogen and oxygen atoms in total. The Hall–Kier alpha value is -1.11. The van der Waals surface area contributed by atoms with Gasteiger partial charge in [0.2, 0.25) is 5.91 Å². The van der Waals surface area contributed by atoms with E-state index in [9.17, 15) is 9.59 Å². The van der Waals surface area contributed by atoms with E-state index in [0.717, 1.165) is 50.2 Å². The van der Waals surface area contributed by atoms with E-state index in [4.69, 9.17) is 0 Å². The summed E-state index contributed by atoms with van der Waals surface area (Å²) in [4.78, 5) is 31.3. The van der Waals surface area contributed by atoms with Gasteiger partial charge in [-0.1, -0.05) is 0 Å². The van der Waals surface area contributed by atoms with Crippen LogP contribution in [0.1, 0.15) is 45.8 Å². The predicted octanol–water partition coefficient (Wildman–Crippen LogP) is 2.09. The molecule has 0 aromatic carbocycles. The Morgan fingerprint density at radius 2 is 2.04 bits per heavy atom. The molecule has 2 amide bonds. The largest absolute Gasteiger partial charge is 0.336 e. The SMILES string of the molecule is Cl.O=C(c1cc2c(s1)CCCC2)N1CCCC(N2CCNCC2=O)C1. The van der Waals surface area contributed by atoms with E-state index in [1.807, 2.05) is 9.80 Å². The molecule has 0 saturated carbocycles. The van der Waals surface area contributed by atoms with Crippen LogP contribution in [0.25, 0.3) is 0 Å². The molecule has 0 radical (unpaired) electrons. The number of hydrogen-bond acceptors (Lipinski definition) is 4. The minimum absolute atomic E-state index is 0. The number of likely N-dealkylation sites (tertiary alicyclic amines) is 1. The molecule has 1 unspecified atom stereocenters. The maximum Gasteiger partial charge on any atom is 0.264 e. The van der Waals surface area contributed by atoms with Crippen molar-refractivity contribution in [2.45, 2.75) is 44.6 Å². The van der Waals surface area contributed by atoms with Gasteiger partial charge < -0.3 is 15.1 Å². The molecule has 3 aliphatic rings. The van der Waals surface area contributed by atoms with Crippen LogP contribution in [0.4, 0.5) is 0 Å². The van der Waals surface area contributed by atoms with Crippen molar-refractivity contribution in [1.82, 2.24) is 15.1 Å². The smallest absolute Gasteiger partial charge is 0.264 e. The Bertz CT molecular complexity index is 625. The Morgan fingerprint density at radius 3 is 2.84 bits per heavy atom. The number of nitrogens with zero attached hydrogens (tertiary/aromatic N) is 2. The molecule has 7 heteroatoms. The number of aryl methyl sites for hydroxylation is 2. The van der Waals surface area contributed by atoms with Crippen molar-refractivity contribution in [3.05, 3.63) is 21.4 Å². The topological polar surface area (TPSA) is 52.7 Å². The van der Waals surface area contributed by atoms with Gasteiger partial charge in [-0.3, -0.25) is 9.59 Å². The zero-order valence-corrected chi connectivity index (χ0v) is 16.1. The first-order valence-corrected chi connectivity index (χ1v) is 9.95. The number of halogens is 1. The van der Waals surface area contributed by atoms with Gasteiger partial charge in [-0.25, -0.2) is 0 Å². The molecule has 0 bridgehead atoms. The first kappa shape index (κ1) is 18.7. The fourth-order valence-corrected chi connectivity index (χ4v) is 5.37. The highest BCUT2D eigenvalue weighted by atomic mass is 35.5. The lowest BCUT2D eigenvalue weighted by Gasteiger charge is -2.41. The molecule has 2 fully saturated rings. The average Bonchev–Trinajstić information content (AvgIpc) is 3.06. The van der Waals surface area contributed by atoms with E-state index in [-0.39, 0.29) is 30.3 Å². The van der Waals surface area contributed by atoms with Crippen LogP contribution in [0, 0.1) is 0 Å². The number of thiophene rings is 1. The number of fused-ring (bicyclic) bond motifs is 1. The van der Waals surface area contributed by atoms with Gasteiger partial charge in [0.1, 0.15) is 0 Å². The molecule has 1 aliphatic carbocycles. The minimum atomic E-state index is 0. The van der Waals surface area contributed by atoms with E-state index in [1.54, 1.807) is 11.3 Å². The molecular formula is C18H26ClN3O2S. The molecule has 138 valence electrons. The summed E-state index contributed by atoms with van der Waals surface area (Å²) in [7, 11) is 0. The van der Waals surface area contributed by atoms with Crippen molar-refractivity contribution in [3.8, 4) is 0 Å². The van der Waals surface area contributed by atoms with Crippen molar-refractivity contribution in [1.29, 1.82) is 0 Å². The number of piperazine rings is 1. The highest BCUT2D eigenvalue weighted by molar-refractivity contribution is 7.14. The van der Waals surface area contributed by atoms with Crippen LogP contribution < -0.4 is 5.32 Å². The molecule has 4 rings (SSSR count). The van der Waals surface area contributed by atoms with Crippen molar-refractivity contribution in [3.63, 3.8) is 0 Å². The zero-order chi connectivity index (χ0) is 16.5. The standard InChI is InChI=1S/C18H25N3O2S.ClH/c22-17-11-19-7-9-21(17)14-5-3-8-20(12-14)18(23)16-10-13-4-1-2-6-15(13)24-16;/h10,14,19H,1-9,11-12H2;1H. The van der Waals surface area contributed by atoms with Gasteiger partial charge in [0, 0.05) is 37.1 Å². The summed E-state index contributed by atoms with van der Waals surface area (Å²) in [6.45, 7) is 3.56. The molecule has 1 N–H and O–H groups in total. The Balaban J connectivity index is 0.00000182. The van der Waals surface area contributed by atoms with Crippen LogP contribution in [0.15, 0.2) is 6.07 Å². The second-order valence-corrected chi connectivity index (χ2v) is 8.21. The second-order valence-electron chi connectivity index (χ2n) is 7.08. The van der Waals surface area contributed by atoms with Gasteiger partial charge in [-0.15, -0.1) is 23.7 Å². The van der Waals surface area contributed by atoms with Crippen molar-refractivity contribution in [2.75, 3.05) is 32.7 Å². The lowest BCUT2D eigenvalue weighted by Crippen LogP contribution is -2.57. The van der Waals surface area contributed by atoms with Crippen LogP contribution in [-0.2, 0) is 17.6 Å². The number of rotatable bonds is 2. The molecule has 2 aliphatic heterocycles. The summed E-state index contributed by atoms with van der Waals surface area (Å²) in [5, 5.41) is 3.12. The van der Waals surface area contributed by atoms with Gasteiger partial charge >= 0.3 is 0 Å². The molecule has 3 heterocycles. The fraction of sp³-hybridized carbons (Fsp3) is 0.667. The predicted molar refractivity (Wildman–Crippen MR) is 102 cm³/mol. The lowest BCUT2D eigenvalue weighted by atomic mass is 9.99. The van der Waals surface area contributed by atoms with Crippen molar-refractivity contribution < 1.29 is 9.59 Å². The molecule has 25 heavy (non-hydrogen) atoms. The molecule has 1 atom stereocenters. The Labute approximate surface area is 159 Å². The van der Waals surface area contributed by atoms with E-state index < -0.39 is 0 Å². The fourth-order valence-electron chi connectivity index (χ4n) is 4.15. The third-order valence-corrected chi connectivity index (χ3v) is 6.68. The van der Waals surface area contributed by atoms with E-state index >= 15 is 0 Å². The minimum Gasteiger partial charge on any atom is -0.336 e. The van der Waals surface area contributed by atoms with E-state index in [0.29, 0.717) is 13.1 Å². The van der Waals surface area contributed by atoms with Crippen LogP contribution >= 0.6 is 23.7 Å². The van der Waals surface area contributed by atoms with Crippen molar-refractivity contribution in [2.24, 2.45) is 0 Å². The number of carbonyl (C=O) groups is 2. The first-order chi connectivity index (χ1) is 11.7. The zero-order valence-electron chi connectivity index (χ0n) is 14.5. The maximum absolute atomic E-state index is 12.9. The van der Waals surface area contributed by atoms with Gasteiger partial charge in [-0.05, 0) is 50.2 Å². The Morgan fingerprint density at radius 1 is 1.20 bits per heavy atom. The molecule has 0 spiro atoms. The number of nitrogens with one attached hydrogen (secondary N) is 1. The van der Waals surface area contributed by atoms with Gasteiger partial charge in [0.25, 0.3) is 5.91 Å². The van der Waals surface area contributed by atoms with Gasteiger partial charge in [-0.2, -0.15) is 0 Å². The van der Waals surface area contributed by atoms with Crippen LogP contribution in [0.5, 0.6) is 0 Å². The Kier molecular flexibility index (Phi) is 6.02. The second kappa shape index (κ2) is 8.06. The summed E-state index contributed by atoms with van der Waals surface area (Å²) in [6.07, 6.45) is 6.74. The quantitative estimate of drug-likeness (QED) is 0.850. The first-order valence-electron chi connectivity index (χ1n) is 9.13. The van der Waals surface area contributed by atoms with Crippen LogP contribution in [0.3, 0.4) is 0 Å². The average molecular weight is 384 g/mol. The third-order valence-electron chi connectivity index (χ3n) is 5.46. The summed E-state index contributed by atoms with van der Waals surface area (Å²) >= 11 is 1.69. The van der Waals surface area contributed by atoms with Crippen LogP contribution in [0.2, 0.25) is 0 Å². The van der Waals surface area contributed by atoms with Gasteiger partial charge in [0.15, 0.2) is 0 Å². The monoisotopic (exact) mass is 383 g/mol. The van der Waals surface area contributed by atoms with Crippen molar-refractivity contribution >= 4 is 35.6 Å². The lowest BCUT2D eigenvalue weighted by molar-refractivity contribution is -0.135. The normalized spacial score (nSPS) is 23.8. The summed E-state index contributed by atoms with van der Waals surface area (Å²) in [5.41, 5.74) is 1.39. The highest BCUT2D eigenvalue weighted by Crippen LogP contribution is 2.31. The summed E-state index contributed by atoms with van der Waals surface area (Å²) < 4.78 is 0. The third kappa shape index (κ3) is 3.86. The van der Waals surface area contributed by atoms with Gasteiger partial charge in [0.05, 0.1) is 11.4 Å². The molecule has 1 aromatic heterocycles. The molecule has 1 aromatic rings. The molecule has 2 saturated heterocycles. The summed E-state index contributed by atoms with van der Waals surface area (Å²) in [5.74, 6) is 0.342. The number of piperidine rings is 1. The maximum atomic E-state index is 12.9. The number of hydrogen-bond donors (Lipinski definition) is 1. The van der Waals surface area contributed by atoms with Crippen LogP contribution in [-0.4, -0.2) is 60.4 Å². The highest BCUT2D eigenvalue weighted by Gasteiger charge is 2.32. The number of carbonyl (C=O) groups excluding carboxylic acids is 2. The summed E-state index contributed by atoms with van der Waals surface area (Å²) in [6, 6.07) is 2.31.